The summed E-state index contributed by atoms with van der Waals surface area (Å²) < 4.78 is 5.81. The summed E-state index contributed by atoms with van der Waals surface area (Å²) >= 11 is 0. The van der Waals surface area contributed by atoms with Crippen LogP contribution < -0.4 is 16.2 Å². The largest absolute Gasteiger partial charge is 0.489 e. The Morgan fingerprint density at radius 2 is 1.55 bits per heavy atom. The molecule has 1 unspecified atom stereocenters. The molecule has 0 saturated carbocycles. The Morgan fingerprint density at radius 1 is 0.909 bits per heavy atom. The number of ether oxygens (including phenoxy) is 1. The van der Waals surface area contributed by atoms with Gasteiger partial charge in [-0.15, -0.1) is 0 Å². The molecule has 0 spiro atoms. The summed E-state index contributed by atoms with van der Waals surface area (Å²) in [6.45, 7) is 4.12. The lowest BCUT2D eigenvalue weighted by Gasteiger charge is -2.18. The van der Waals surface area contributed by atoms with Crippen LogP contribution in [0.5, 0.6) is 5.75 Å². The first-order valence-corrected chi connectivity index (χ1v) is 7.89. The van der Waals surface area contributed by atoms with Crippen LogP contribution in [0.3, 0.4) is 0 Å². The van der Waals surface area contributed by atoms with Crippen molar-refractivity contribution in [2.24, 2.45) is 17.4 Å². The van der Waals surface area contributed by atoms with Gasteiger partial charge in [-0.25, -0.2) is 0 Å². The first-order valence-electron chi connectivity index (χ1n) is 7.89. The van der Waals surface area contributed by atoms with Gasteiger partial charge in [0, 0.05) is 0 Å². The minimum absolute atomic E-state index is 0.393. The highest BCUT2D eigenvalue weighted by Crippen LogP contribution is 2.25. The maximum atomic E-state index is 5.81. The molecule has 2 aromatic carbocycles. The average molecular weight is 298 g/mol. The highest BCUT2D eigenvalue weighted by atomic mass is 16.5. The fourth-order valence-electron chi connectivity index (χ4n) is 2.56. The van der Waals surface area contributed by atoms with E-state index in [1.54, 1.807) is 0 Å². The van der Waals surface area contributed by atoms with Crippen molar-refractivity contribution in [1.29, 1.82) is 0 Å². The van der Waals surface area contributed by atoms with Crippen molar-refractivity contribution in [2.75, 3.05) is 13.1 Å². The highest BCUT2D eigenvalue weighted by Gasteiger charge is 2.12. The second kappa shape index (κ2) is 8.57. The highest BCUT2D eigenvalue weighted by molar-refractivity contribution is 5.29. The summed E-state index contributed by atoms with van der Waals surface area (Å²) in [7, 11) is 0. The van der Waals surface area contributed by atoms with Gasteiger partial charge in [0.05, 0.1) is 0 Å². The van der Waals surface area contributed by atoms with Gasteiger partial charge < -0.3 is 16.2 Å². The van der Waals surface area contributed by atoms with Gasteiger partial charge in [0.25, 0.3) is 0 Å². The maximum absolute atomic E-state index is 5.81. The Hall–Kier alpha value is -1.84. The lowest BCUT2D eigenvalue weighted by atomic mass is 9.90. The van der Waals surface area contributed by atoms with Crippen LogP contribution in [0.1, 0.15) is 30.4 Å². The quantitative estimate of drug-likeness (QED) is 0.786. The number of hydrogen-bond donors (Lipinski definition) is 2. The Morgan fingerprint density at radius 3 is 2.14 bits per heavy atom. The second-order valence-electron chi connectivity index (χ2n) is 5.82. The molecule has 0 aliphatic carbocycles. The molecule has 0 amide bonds. The van der Waals surface area contributed by atoms with Crippen LogP contribution in [-0.2, 0) is 6.61 Å². The van der Waals surface area contributed by atoms with Gasteiger partial charge in [0.15, 0.2) is 0 Å². The number of hydrogen-bond acceptors (Lipinski definition) is 3. The van der Waals surface area contributed by atoms with Crippen molar-refractivity contribution in [3.8, 4) is 5.75 Å². The zero-order chi connectivity index (χ0) is 15.8. The summed E-state index contributed by atoms with van der Waals surface area (Å²) in [5.41, 5.74) is 13.9. The monoisotopic (exact) mass is 298 g/mol. The van der Waals surface area contributed by atoms with E-state index in [-0.39, 0.29) is 0 Å². The van der Waals surface area contributed by atoms with E-state index in [2.05, 4.69) is 31.2 Å². The van der Waals surface area contributed by atoms with Crippen LogP contribution in [0.4, 0.5) is 0 Å². The molecule has 0 saturated heterocycles. The second-order valence-corrected chi connectivity index (χ2v) is 5.82. The molecular formula is C19H26N2O. The zero-order valence-corrected chi connectivity index (χ0v) is 13.2. The van der Waals surface area contributed by atoms with Gasteiger partial charge in [-0.3, -0.25) is 0 Å². The van der Waals surface area contributed by atoms with E-state index in [1.807, 2.05) is 30.3 Å². The lowest BCUT2D eigenvalue weighted by molar-refractivity contribution is 0.306. The van der Waals surface area contributed by atoms with E-state index < -0.39 is 0 Å². The van der Waals surface area contributed by atoms with E-state index in [0.29, 0.717) is 31.5 Å². The molecule has 0 aliphatic rings. The van der Waals surface area contributed by atoms with Gasteiger partial charge in [-0.2, -0.15) is 0 Å². The summed E-state index contributed by atoms with van der Waals surface area (Å²) in [5.74, 6) is 1.75. The van der Waals surface area contributed by atoms with Crippen LogP contribution in [-0.4, -0.2) is 13.1 Å². The molecule has 2 rings (SSSR count). The molecule has 0 fully saturated rings. The van der Waals surface area contributed by atoms with Gasteiger partial charge in [-0.1, -0.05) is 49.4 Å². The lowest BCUT2D eigenvalue weighted by Crippen LogP contribution is -2.24. The Balaban J connectivity index is 1.89. The van der Waals surface area contributed by atoms with Crippen molar-refractivity contribution < 1.29 is 4.74 Å². The molecule has 1 atom stereocenters. The predicted octanol–water partition coefficient (Wildman–Crippen LogP) is 3.29. The van der Waals surface area contributed by atoms with E-state index >= 15 is 0 Å². The first-order chi connectivity index (χ1) is 10.7. The fourth-order valence-corrected chi connectivity index (χ4v) is 2.56. The Kier molecular flexibility index (Phi) is 6.44. The van der Waals surface area contributed by atoms with Crippen molar-refractivity contribution in [1.82, 2.24) is 0 Å². The molecule has 0 radical (unpaired) electrons. The fraction of sp³-hybridized carbons (Fsp3) is 0.368. The SMILES string of the molecule is CC(CC(CN)CN)c1ccc(OCc2ccccc2)cc1. The van der Waals surface area contributed by atoms with Crippen molar-refractivity contribution in [2.45, 2.75) is 25.9 Å². The summed E-state index contributed by atoms with van der Waals surface area (Å²) in [5, 5.41) is 0. The van der Waals surface area contributed by atoms with Crippen LogP contribution >= 0.6 is 0 Å². The zero-order valence-electron chi connectivity index (χ0n) is 13.2. The smallest absolute Gasteiger partial charge is 0.119 e. The molecule has 2 aromatic rings. The number of nitrogens with two attached hydrogens (primary N) is 2. The number of rotatable bonds is 8. The molecule has 118 valence electrons. The molecular weight excluding hydrogens is 272 g/mol. The van der Waals surface area contributed by atoms with Gasteiger partial charge in [0.1, 0.15) is 12.4 Å². The topological polar surface area (TPSA) is 61.3 Å². The van der Waals surface area contributed by atoms with E-state index in [4.69, 9.17) is 16.2 Å². The third-order valence-corrected chi connectivity index (χ3v) is 4.05. The van der Waals surface area contributed by atoms with E-state index in [1.165, 1.54) is 11.1 Å². The Labute approximate surface area is 133 Å². The van der Waals surface area contributed by atoms with Crippen LogP contribution in [0.2, 0.25) is 0 Å². The molecule has 0 bridgehead atoms. The number of benzene rings is 2. The molecule has 0 heterocycles. The minimum atomic E-state index is 0.393. The van der Waals surface area contributed by atoms with Crippen LogP contribution in [0, 0.1) is 5.92 Å². The molecule has 22 heavy (non-hydrogen) atoms. The van der Waals surface area contributed by atoms with Gasteiger partial charge in [0.2, 0.25) is 0 Å². The summed E-state index contributed by atoms with van der Waals surface area (Å²) in [6.07, 6.45) is 1.03. The summed E-state index contributed by atoms with van der Waals surface area (Å²) in [4.78, 5) is 0. The third-order valence-electron chi connectivity index (χ3n) is 4.05. The van der Waals surface area contributed by atoms with Crippen LogP contribution in [0.25, 0.3) is 0 Å². The maximum Gasteiger partial charge on any atom is 0.119 e. The normalized spacial score (nSPS) is 12.4. The van der Waals surface area contributed by atoms with Gasteiger partial charge >= 0.3 is 0 Å². The third kappa shape index (κ3) is 4.86. The first kappa shape index (κ1) is 16.5. The standard InChI is InChI=1S/C19H26N2O/c1-15(11-17(12-20)13-21)18-7-9-19(10-8-18)22-14-16-5-3-2-4-6-16/h2-10,15,17H,11-14,20-21H2,1H3. The predicted molar refractivity (Wildman–Crippen MR) is 91.8 cm³/mol. The van der Waals surface area contributed by atoms with Crippen LogP contribution in [0.15, 0.2) is 54.6 Å². The molecule has 4 N–H and O–H groups in total. The van der Waals surface area contributed by atoms with Crippen molar-refractivity contribution >= 4 is 0 Å². The van der Waals surface area contributed by atoms with E-state index in [0.717, 1.165) is 12.2 Å². The van der Waals surface area contributed by atoms with Crippen molar-refractivity contribution in [3.63, 3.8) is 0 Å². The molecule has 3 heteroatoms. The van der Waals surface area contributed by atoms with Gasteiger partial charge in [-0.05, 0) is 54.6 Å². The molecule has 0 aromatic heterocycles. The molecule has 3 nitrogen and oxygen atoms in total. The van der Waals surface area contributed by atoms with E-state index in [9.17, 15) is 0 Å². The molecule has 0 aliphatic heterocycles. The van der Waals surface area contributed by atoms with Crippen molar-refractivity contribution in [3.05, 3.63) is 65.7 Å². The Bertz CT molecular complexity index is 535. The summed E-state index contributed by atoms with van der Waals surface area (Å²) in [6, 6.07) is 18.5. The average Bonchev–Trinajstić information content (AvgIpc) is 2.59. The minimum Gasteiger partial charge on any atom is -0.489 e.